The number of benzene rings is 2. The fourth-order valence-corrected chi connectivity index (χ4v) is 5.70. The number of aliphatic hydroxyl groups is 1. The van der Waals surface area contributed by atoms with Crippen LogP contribution in [0.25, 0.3) is 10.2 Å². The monoisotopic (exact) mass is 519 g/mol. The number of carboxylic acid groups (broad SMARTS) is 1. The van der Waals surface area contributed by atoms with Gasteiger partial charge in [-0.15, -0.1) is 0 Å². The van der Waals surface area contributed by atoms with Crippen molar-refractivity contribution < 1.29 is 20.1 Å². The third-order valence-electron chi connectivity index (χ3n) is 5.84. The van der Waals surface area contributed by atoms with Crippen LogP contribution < -0.4 is 10.2 Å². The summed E-state index contributed by atoms with van der Waals surface area (Å²) in [6.45, 7) is 6.07. The third kappa shape index (κ3) is 7.47. The standard InChI is InChI=1S/C25H33N3O5S2/c1-25(2,17-7-4-3-5-8-17)16-28(24(32)33)12-6-13-34-14-11-26-15-20(30)18-9-10-19(29)21-22(18)35-23(31)27-21/h3-5,7-10,20,26,29-30H,6,11-16H2,1-2H3,(H,27,31)(H,32,33)/t20-/m0/s1. The van der Waals surface area contributed by atoms with Gasteiger partial charge in [-0.2, -0.15) is 11.8 Å². The lowest BCUT2D eigenvalue weighted by Gasteiger charge is -2.31. The number of amides is 1. The highest BCUT2D eigenvalue weighted by Gasteiger charge is 2.26. The van der Waals surface area contributed by atoms with Crippen molar-refractivity contribution in [1.29, 1.82) is 0 Å². The topological polar surface area (TPSA) is 126 Å². The number of aromatic hydroxyl groups is 1. The molecule has 0 aliphatic heterocycles. The SMILES string of the molecule is CC(C)(CN(CCCSCCNC[C@H](O)c1ccc(O)c2[nH]c(=O)sc12)C(=O)O)c1ccccc1. The lowest BCUT2D eigenvalue weighted by Crippen LogP contribution is -2.40. The van der Waals surface area contributed by atoms with E-state index in [-0.39, 0.29) is 16.0 Å². The summed E-state index contributed by atoms with van der Waals surface area (Å²) in [5, 5.41) is 33.3. The van der Waals surface area contributed by atoms with Gasteiger partial charge in [0.15, 0.2) is 0 Å². The first kappa shape index (κ1) is 27.1. The van der Waals surface area contributed by atoms with Gasteiger partial charge in [0, 0.05) is 42.9 Å². The van der Waals surface area contributed by atoms with Crippen LogP contribution in [0.3, 0.4) is 0 Å². The Labute approximate surface area is 213 Å². The number of H-pyrrole nitrogens is 1. The van der Waals surface area contributed by atoms with E-state index in [0.29, 0.717) is 42.0 Å². The van der Waals surface area contributed by atoms with E-state index in [1.54, 1.807) is 17.8 Å². The molecule has 8 nitrogen and oxygen atoms in total. The number of aromatic amines is 1. The summed E-state index contributed by atoms with van der Waals surface area (Å²) in [5.41, 5.74) is 1.81. The molecule has 0 fully saturated rings. The number of fused-ring (bicyclic) bond motifs is 1. The molecule has 0 aliphatic rings. The van der Waals surface area contributed by atoms with Crippen molar-refractivity contribution in [2.75, 3.05) is 37.7 Å². The van der Waals surface area contributed by atoms with Gasteiger partial charge in [0.05, 0.1) is 10.8 Å². The predicted molar refractivity (Wildman–Crippen MR) is 143 cm³/mol. The molecule has 2 aromatic carbocycles. The molecule has 0 bridgehead atoms. The van der Waals surface area contributed by atoms with Crippen LogP contribution in [-0.2, 0) is 5.41 Å². The summed E-state index contributed by atoms with van der Waals surface area (Å²) < 4.78 is 0.567. The number of nitrogens with one attached hydrogen (secondary N) is 2. The molecular weight excluding hydrogens is 486 g/mol. The maximum atomic E-state index is 11.7. The maximum Gasteiger partial charge on any atom is 0.407 e. The number of hydrogen-bond acceptors (Lipinski definition) is 7. The van der Waals surface area contributed by atoms with E-state index in [9.17, 15) is 24.9 Å². The summed E-state index contributed by atoms with van der Waals surface area (Å²) in [4.78, 5) is 27.2. The van der Waals surface area contributed by atoms with Gasteiger partial charge in [-0.25, -0.2) is 4.79 Å². The fraction of sp³-hybridized carbons (Fsp3) is 0.440. The van der Waals surface area contributed by atoms with Crippen molar-refractivity contribution in [2.45, 2.75) is 31.8 Å². The Morgan fingerprint density at radius 2 is 1.94 bits per heavy atom. The number of aromatic nitrogens is 1. The lowest BCUT2D eigenvalue weighted by molar-refractivity contribution is 0.135. The molecule has 0 saturated carbocycles. The molecular formula is C25H33N3O5S2. The van der Waals surface area contributed by atoms with E-state index < -0.39 is 12.2 Å². The summed E-state index contributed by atoms with van der Waals surface area (Å²) in [6, 6.07) is 13.1. The second-order valence-electron chi connectivity index (χ2n) is 9.03. The van der Waals surface area contributed by atoms with Crippen LogP contribution in [0, 0.1) is 0 Å². The van der Waals surface area contributed by atoms with Crippen LogP contribution >= 0.6 is 23.1 Å². The Kier molecular flexibility index (Phi) is 9.62. The Hall–Kier alpha value is -2.53. The Morgan fingerprint density at radius 1 is 1.20 bits per heavy atom. The Bertz CT molecular complexity index is 1160. The predicted octanol–water partition coefficient (Wildman–Crippen LogP) is 4.00. The first-order chi connectivity index (χ1) is 16.7. The number of carbonyl (C=O) groups is 1. The summed E-state index contributed by atoms with van der Waals surface area (Å²) in [7, 11) is 0. The second kappa shape index (κ2) is 12.4. The zero-order valence-corrected chi connectivity index (χ0v) is 21.6. The highest BCUT2D eigenvalue weighted by atomic mass is 32.2. The van der Waals surface area contributed by atoms with E-state index in [4.69, 9.17) is 0 Å². The van der Waals surface area contributed by atoms with Gasteiger partial charge in [-0.05, 0) is 23.8 Å². The van der Waals surface area contributed by atoms with Crippen molar-refractivity contribution in [1.82, 2.24) is 15.2 Å². The van der Waals surface area contributed by atoms with E-state index in [1.165, 1.54) is 11.0 Å². The van der Waals surface area contributed by atoms with Crippen LogP contribution in [0.5, 0.6) is 5.75 Å². The highest BCUT2D eigenvalue weighted by Crippen LogP contribution is 2.31. The fourth-order valence-electron chi connectivity index (χ4n) is 3.95. The van der Waals surface area contributed by atoms with Gasteiger partial charge in [0.1, 0.15) is 11.3 Å². The maximum absolute atomic E-state index is 11.7. The van der Waals surface area contributed by atoms with Crippen LogP contribution in [0.15, 0.2) is 47.3 Å². The number of nitrogens with zero attached hydrogens (tertiary/aromatic N) is 1. The minimum atomic E-state index is -0.898. The molecule has 3 rings (SSSR count). The number of phenolic OH excluding ortho intramolecular Hbond substituents is 1. The number of phenols is 1. The summed E-state index contributed by atoms with van der Waals surface area (Å²) in [6.07, 6.45) is -0.931. The number of thioether (sulfide) groups is 1. The lowest BCUT2D eigenvalue weighted by atomic mass is 9.84. The number of rotatable bonds is 13. The van der Waals surface area contributed by atoms with Gasteiger partial charge in [0.25, 0.3) is 0 Å². The van der Waals surface area contributed by atoms with Crippen molar-refractivity contribution in [3.8, 4) is 5.75 Å². The van der Waals surface area contributed by atoms with E-state index in [2.05, 4.69) is 24.1 Å². The number of thiazole rings is 1. The minimum Gasteiger partial charge on any atom is -0.506 e. The van der Waals surface area contributed by atoms with E-state index in [1.807, 2.05) is 30.3 Å². The minimum absolute atomic E-state index is 0.0104. The van der Waals surface area contributed by atoms with Crippen LogP contribution in [0.4, 0.5) is 4.79 Å². The number of hydrogen-bond donors (Lipinski definition) is 5. The van der Waals surface area contributed by atoms with Gasteiger partial charge in [0.2, 0.25) is 0 Å². The first-order valence-corrected chi connectivity index (χ1v) is 13.5. The zero-order valence-electron chi connectivity index (χ0n) is 20.0. The molecule has 1 aromatic heterocycles. The van der Waals surface area contributed by atoms with E-state index in [0.717, 1.165) is 34.8 Å². The van der Waals surface area contributed by atoms with Crippen LogP contribution in [0.1, 0.15) is 37.5 Å². The zero-order chi connectivity index (χ0) is 25.4. The van der Waals surface area contributed by atoms with E-state index >= 15 is 0 Å². The summed E-state index contributed by atoms with van der Waals surface area (Å²) >= 11 is 2.71. The van der Waals surface area contributed by atoms with Gasteiger partial charge in [-0.1, -0.05) is 61.6 Å². The third-order valence-corrected chi connectivity index (χ3v) is 7.84. The Balaban J connectivity index is 1.36. The second-order valence-corrected chi connectivity index (χ2v) is 11.2. The largest absolute Gasteiger partial charge is 0.506 e. The first-order valence-electron chi connectivity index (χ1n) is 11.5. The molecule has 3 aromatic rings. The Morgan fingerprint density at radius 3 is 2.66 bits per heavy atom. The molecule has 190 valence electrons. The van der Waals surface area contributed by atoms with Crippen molar-refractivity contribution >= 4 is 39.4 Å². The smallest absolute Gasteiger partial charge is 0.407 e. The molecule has 0 spiro atoms. The van der Waals surface area contributed by atoms with Crippen LogP contribution in [0.2, 0.25) is 0 Å². The molecule has 1 atom stereocenters. The molecule has 0 unspecified atom stereocenters. The van der Waals surface area contributed by atoms with Gasteiger partial charge >= 0.3 is 11.0 Å². The molecule has 5 N–H and O–H groups in total. The average Bonchev–Trinajstić information content (AvgIpc) is 3.22. The summed E-state index contributed by atoms with van der Waals surface area (Å²) in [5.74, 6) is 1.66. The molecule has 1 amide bonds. The van der Waals surface area contributed by atoms with Crippen molar-refractivity contribution in [3.05, 3.63) is 63.3 Å². The normalized spacial score (nSPS) is 12.7. The average molecular weight is 520 g/mol. The molecule has 0 saturated heterocycles. The quantitative estimate of drug-likeness (QED) is 0.216. The van der Waals surface area contributed by atoms with Gasteiger partial charge < -0.3 is 30.5 Å². The number of aliphatic hydroxyl groups excluding tert-OH is 1. The molecule has 35 heavy (non-hydrogen) atoms. The molecule has 10 heteroatoms. The highest BCUT2D eigenvalue weighted by molar-refractivity contribution is 7.99. The van der Waals surface area contributed by atoms with Crippen LogP contribution in [-0.4, -0.2) is 69.0 Å². The van der Waals surface area contributed by atoms with Gasteiger partial charge in [-0.3, -0.25) is 4.79 Å². The molecule has 0 aliphatic carbocycles. The van der Waals surface area contributed by atoms with Crippen molar-refractivity contribution in [2.24, 2.45) is 0 Å². The molecule has 1 heterocycles. The molecule has 0 radical (unpaired) electrons. The van der Waals surface area contributed by atoms with Crippen molar-refractivity contribution in [3.63, 3.8) is 0 Å².